The van der Waals surface area contributed by atoms with Crippen LogP contribution in [0.1, 0.15) is 37.8 Å². The Balaban J connectivity index is 1.99. The van der Waals surface area contributed by atoms with Crippen LogP contribution in [0.3, 0.4) is 0 Å². The number of hydrogen-bond donors (Lipinski definition) is 2. The highest BCUT2D eigenvalue weighted by Gasteiger charge is 2.26. The van der Waals surface area contributed by atoms with Crippen molar-refractivity contribution in [2.75, 3.05) is 0 Å². The van der Waals surface area contributed by atoms with E-state index >= 15 is 0 Å². The SMILES string of the molecule is C[C@@H](N[C@H]1CCC[C@@H]1O)c1cccc(Cl)c1. The predicted molar refractivity (Wildman–Crippen MR) is 66.6 cm³/mol. The molecule has 0 amide bonds. The topological polar surface area (TPSA) is 32.3 Å². The van der Waals surface area contributed by atoms with Crippen LogP contribution in [-0.2, 0) is 0 Å². The van der Waals surface area contributed by atoms with E-state index in [1.807, 2.05) is 18.2 Å². The van der Waals surface area contributed by atoms with Crippen LogP contribution in [0.25, 0.3) is 0 Å². The van der Waals surface area contributed by atoms with Gasteiger partial charge in [-0.05, 0) is 43.9 Å². The van der Waals surface area contributed by atoms with Crippen molar-refractivity contribution in [2.24, 2.45) is 0 Å². The van der Waals surface area contributed by atoms with E-state index in [2.05, 4.69) is 18.3 Å². The van der Waals surface area contributed by atoms with Crippen LogP contribution in [0.4, 0.5) is 0 Å². The maximum Gasteiger partial charge on any atom is 0.0693 e. The van der Waals surface area contributed by atoms with Crippen LogP contribution in [0.5, 0.6) is 0 Å². The van der Waals surface area contributed by atoms with Gasteiger partial charge in [-0.15, -0.1) is 0 Å². The summed E-state index contributed by atoms with van der Waals surface area (Å²) in [6, 6.07) is 8.33. The number of benzene rings is 1. The maximum atomic E-state index is 9.75. The molecule has 0 unspecified atom stereocenters. The van der Waals surface area contributed by atoms with E-state index in [4.69, 9.17) is 11.6 Å². The molecule has 1 fully saturated rings. The number of rotatable bonds is 3. The second-order valence-electron chi connectivity index (χ2n) is 4.55. The molecule has 3 atom stereocenters. The molecule has 2 N–H and O–H groups in total. The van der Waals surface area contributed by atoms with E-state index in [9.17, 15) is 5.11 Å². The number of aliphatic hydroxyl groups is 1. The fourth-order valence-electron chi connectivity index (χ4n) is 2.33. The minimum Gasteiger partial charge on any atom is -0.392 e. The summed E-state index contributed by atoms with van der Waals surface area (Å²) in [6.07, 6.45) is 2.90. The van der Waals surface area contributed by atoms with Crippen molar-refractivity contribution in [1.82, 2.24) is 5.32 Å². The summed E-state index contributed by atoms with van der Waals surface area (Å²) >= 11 is 5.96. The number of nitrogens with one attached hydrogen (secondary N) is 1. The molecule has 1 aromatic rings. The lowest BCUT2D eigenvalue weighted by molar-refractivity contribution is 0.144. The first-order valence-corrected chi connectivity index (χ1v) is 6.24. The first-order chi connectivity index (χ1) is 7.66. The highest BCUT2D eigenvalue weighted by Crippen LogP contribution is 2.23. The van der Waals surface area contributed by atoms with Crippen molar-refractivity contribution in [3.63, 3.8) is 0 Å². The minimum absolute atomic E-state index is 0.193. The second-order valence-corrected chi connectivity index (χ2v) is 4.98. The zero-order valence-corrected chi connectivity index (χ0v) is 10.2. The Kier molecular flexibility index (Phi) is 3.85. The van der Waals surface area contributed by atoms with Gasteiger partial charge in [0, 0.05) is 17.1 Å². The zero-order valence-electron chi connectivity index (χ0n) is 9.49. The molecule has 0 heterocycles. The molecular formula is C13H18ClNO. The highest BCUT2D eigenvalue weighted by molar-refractivity contribution is 6.30. The summed E-state index contributed by atoms with van der Waals surface area (Å²) in [5.41, 5.74) is 1.17. The Morgan fingerprint density at radius 1 is 1.44 bits per heavy atom. The molecule has 88 valence electrons. The maximum absolute atomic E-state index is 9.75. The molecule has 2 nitrogen and oxygen atoms in total. The molecule has 0 aromatic heterocycles. The van der Waals surface area contributed by atoms with Gasteiger partial charge < -0.3 is 10.4 Å². The van der Waals surface area contributed by atoms with Crippen LogP contribution in [-0.4, -0.2) is 17.3 Å². The molecule has 0 spiro atoms. The smallest absolute Gasteiger partial charge is 0.0693 e. The third kappa shape index (κ3) is 2.76. The summed E-state index contributed by atoms with van der Waals surface area (Å²) in [5.74, 6) is 0. The molecule has 16 heavy (non-hydrogen) atoms. The Morgan fingerprint density at radius 2 is 2.25 bits per heavy atom. The van der Waals surface area contributed by atoms with Gasteiger partial charge in [-0.2, -0.15) is 0 Å². The molecule has 0 saturated heterocycles. The van der Waals surface area contributed by atoms with Crippen molar-refractivity contribution in [2.45, 2.75) is 44.4 Å². The fraction of sp³-hybridized carbons (Fsp3) is 0.538. The monoisotopic (exact) mass is 239 g/mol. The van der Waals surface area contributed by atoms with Gasteiger partial charge in [-0.25, -0.2) is 0 Å². The van der Waals surface area contributed by atoms with Crippen LogP contribution < -0.4 is 5.32 Å². The highest BCUT2D eigenvalue weighted by atomic mass is 35.5. The molecular weight excluding hydrogens is 222 g/mol. The van der Waals surface area contributed by atoms with Crippen molar-refractivity contribution in [3.05, 3.63) is 34.9 Å². The lowest BCUT2D eigenvalue weighted by Crippen LogP contribution is -2.37. The standard InChI is InChI=1S/C13H18ClNO/c1-9(10-4-2-5-11(14)8-10)15-12-6-3-7-13(12)16/h2,4-5,8-9,12-13,15-16H,3,6-7H2,1H3/t9-,12+,13+/m1/s1. The Bertz CT molecular complexity index is 356. The molecule has 0 radical (unpaired) electrons. The molecule has 0 bridgehead atoms. The van der Waals surface area contributed by atoms with Crippen LogP contribution >= 0.6 is 11.6 Å². The Morgan fingerprint density at radius 3 is 2.88 bits per heavy atom. The second kappa shape index (κ2) is 5.17. The lowest BCUT2D eigenvalue weighted by Gasteiger charge is -2.22. The summed E-state index contributed by atoms with van der Waals surface area (Å²) < 4.78 is 0. The average molecular weight is 240 g/mol. The van der Waals surface area contributed by atoms with Crippen LogP contribution in [0.2, 0.25) is 5.02 Å². The number of hydrogen-bond acceptors (Lipinski definition) is 2. The van der Waals surface area contributed by atoms with Gasteiger partial charge in [-0.1, -0.05) is 23.7 Å². The number of aliphatic hydroxyl groups excluding tert-OH is 1. The average Bonchev–Trinajstić information content (AvgIpc) is 2.64. The van der Waals surface area contributed by atoms with Crippen LogP contribution in [0.15, 0.2) is 24.3 Å². The third-order valence-corrected chi connectivity index (χ3v) is 3.53. The summed E-state index contributed by atoms with van der Waals surface area (Å²) in [5, 5.41) is 14.0. The summed E-state index contributed by atoms with van der Waals surface area (Å²) in [6.45, 7) is 2.11. The fourth-order valence-corrected chi connectivity index (χ4v) is 2.53. The third-order valence-electron chi connectivity index (χ3n) is 3.29. The van der Waals surface area contributed by atoms with Crippen molar-refractivity contribution in [1.29, 1.82) is 0 Å². The van der Waals surface area contributed by atoms with Crippen molar-refractivity contribution >= 4 is 11.6 Å². The van der Waals surface area contributed by atoms with Gasteiger partial charge in [0.25, 0.3) is 0 Å². The van der Waals surface area contributed by atoms with Gasteiger partial charge in [0.2, 0.25) is 0 Å². The quantitative estimate of drug-likeness (QED) is 0.850. The van der Waals surface area contributed by atoms with Gasteiger partial charge in [0.15, 0.2) is 0 Å². The summed E-state index contributed by atoms with van der Waals surface area (Å²) in [7, 11) is 0. The molecule has 1 saturated carbocycles. The molecule has 2 rings (SSSR count). The normalized spacial score (nSPS) is 26.9. The Hall–Kier alpha value is -0.570. The van der Waals surface area contributed by atoms with E-state index in [1.165, 1.54) is 5.56 Å². The first kappa shape index (κ1) is 11.9. The summed E-state index contributed by atoms with van der Waals surface area (Å²) in [4.78, 5) is 0. The molecule has 1 aliphatic rings. The first-order valence-electron chi connectivity index (χ1n) is 5.86. The Labute approximate surface area is 102 Å². The van der Waals surface area contributed by atoms with E-state index in [-0.39, 0.29) is 18.2 Å². The minimum atomic E-state index is -0.193. The van der Waals surface area contributed by atoms with Gasteiger partial charge in [0.1, 0.15) is 0 Å². The van der Waals surface area contributed by atoms with E-state index in [0.29, 0.717) is 0 Å². The largest absolute Gasteiger partial charge is 0.392 e. The van der Waals surface area contributed by atoms with Gasteiger partial charge in [0.05, 0.1) is 6.10 Å². The molecule has 1 aliphatic carbocycles. The zero-order chi connectivity index (χ0) is 11.5. The lowest BCUT2D eigenvalue weighted by atomic mass is 10.1. The molecule has 3 heteroatoms. The van der Waals surface area contributed by atoms with E-state index in [1.54, 1.807) is 0 Å². The predicted octanol–water partition coefficient (Wildman–Crippen LogP) is 2.90. The molecule has 1 aromatic carbocycles. The molecule has 0 aliphatic heterocycles. The van der Waals surface area contributed by atoms with E-state index in [0.717, 1.165) is 24.3 Å². The number of halogens is 1. The van der Waals surface area contributed by atoms with Crippen molar-refractivity contribution < 1.29 is 5.11 Å². The van der Waals surface area contributed by atoms with E-state index < -0.39 is 0 Å². The van der Waals surface area contributed by atoms with Gasteiger partial charge in [-0.3, -0.25) is 0 Å². The van der Waals surface area contributed by atoms with Gasteiger partial charge >= 0.3 is 0 Å². The van der Waals surface area contributed by atoms with Crippen molar-refractivity contribution in [3.8, 4) is 0 Å². The van der Waals surface area contributed by atoms with Crippen LogP contribution in [0, 0.1) is 0 Å².